The average molecular weight is 380 g/mol. The first-order valence-electron chi connectivity index (χ1n) is 9.05. The molecule has 3 aliphatic heterocycles. The third-order valence-corrected chi connectivity index (χ3v) is 7.47. The van der Waals surface area contributed by atoms with Crippen LogP contribution in [0.25, 0.3) is 0 Å². The summed E-state index contributed by atoms with van der Waals surface area (Å²) in [5.41, 5.74) is 0. The number of amides is 1. The molecule has 0 saturated carbocycles. The molecular formula is C16H30ClN3O3S. The van der Waals surface area contributed by atoms with E-state index in [0.717, 1.165) is 25.7 Å². The van der Waals surface area contributed by atoms with Gasteiger partial charge in [0.15, 0.2) is 0 Å². The molecule has 3 fully saturated rings. The first-order valence-corrected chi connectivity index (χ1v) is 10.7. The predicted molar refractivity (Wildman–Crippen MR) is 96.8 cm³/mol. The van der Waals surface area contributed by atoms with Crippen molar-refractivity contribution in [1.29, 1.82) is 0 Å². The van der Waals surface area contributed by atoms with Crippen molar-refractivity contribution in [3.63, 3.8) is 0 Å². The zero-order valence-electron chi connectivity index (χ0n) is 14.4. The van der Waals surface area contributed by atoms with Gasteiger partial charge in [-0.3, -0.25) is 4.79 Å². The van der Waals surface area contributed by atoms with Crippen molar-refractivity contribution >= 4 is 28.3 Å². The number of piperidine rings is 2. The molecule has 2 N–H and O–H groups in total. The van der Waals surface area contributed by atoms with Crippen LogP contribution in [0.15, 0.2) is 0 Å². The van der Waals surface area contributed by atoms with Gasteiger partial charge >= 0.3 is 0 Å². The molecule has 3 heterocycles. The Morgan fingerprint density at radius 2 is 1.83 bits per heavy atom. The minimum absolute atomic E-state index is 0. The Bertz CT molecular complexity index is 531. The maximum absolute atomic E-state index is 12.7. The Kier molecular flexibility index (Phi) is 6.93. The molecule has 0 spiro atoms. The number of hydrogen-bond donors (Lipinski definition) is 2. The van der Waals surface area contributed by atoms with E-state index in [1.54, 1.807) is 0 Å². The molecule has 3 saturated heterocycles. The van der Waals surface area contributed by atoms with E-state index in [4.69, 9.17) is 0 Å². The predicted octanol–water partition coefficient (Wildman–Crippen LogP) is 1.40. The molecule has 3 unspecified atom stereocenters. The molecule has 140 valence electrons. The molecule has 0 radical (unpaired) electrons. The van der Waals surface area contributed by atoms with Gasteiger partial charge in [-0.15, -0.1) is 12.4 Å². The van der Waals surface area contributed by atoms with Crippen molar-refractivity contribution in [2.75, 3.05) is 12.3 Å². The van der Waals surface area contributed by atoms with E-state index in [1.165, 1.54) is 17.1 Å². The van der Waals surface area contributed by atoms with Crippen LogP contribution in [0, 0.1) is 0 Å². The molecule has 0 aromatic carbocycles. The van der Waals surface area contributed by atoms with E-state index >= 15 is 0 Å². The highest BCUT2D eigenvalue weighted by atomic mass is 35.5. The maximum Gasteiger partial charge on any atom is 0.238 e. The second-order valence-corrected chi connectivity index (χ2v) is 9.29. The number of hydrogen-bond acceptors (Lipinski definition) is 4. The Labute approximate surface area is 151 Å². The lowest BCUT2D eigenvalue weighted by Gasteiger charge is -2.36. The van der Waals surface area contributed by atoms with Crippen molar-refractivity contribution in [2.24, 2.45) is 0 Å². The zero-order chi connectivity index (χ0) is 16.4. The van der Waals surface area contributed by atoms with Crippen LogP contribution in [0.3, 0.4) is 0 Å². The maximum atomic E-state index is 12.7. The molecule has 0 aromatic rings. The van der Waals surface area contributed by atoms with E-state index in [0.29, 0.717) is 31.5 Å². The van der Waals surface area contributed by atoms with Crippen LogP contribution in [-0.2, 0) is 14.8 Å². The van der Waals surface area contributed by atoms with Gasteiger partial charge in [-0.05, 0) is 44.9 Å². The fourth-order valence-electron chi connectivity index (χ4n) is 4.35. The van der Waals surface area contributed by atoms with E-state index in [1.807, 2.05) is 6.92 Å². The van der Waals surface area contributed by atoms with Crippen molar-refractivity contribution < 1.29 is 13.2 Å². The minimum atomic E-state index is -3.32. The number of rotatable bonds is 5. The van der Waals surface area contributed by atoms with Crippen LogP contribution in [0.1, 0.15) is 58.3 Å². The highest BCUT2D eigenvalue weighted by Crippen LogP contribution is 2.27. The lowest BCUT2D eigenvalue weighted by Crippen LogP contribution is -2.56. The Balaban J connectivity index is 0.00000208. The highest BCUT2D eigenvalue weighted by molar-refractivity contribution is 7.89. The minimum Gasteiger partial charge on any atom is -0.352 e. The van der Waals surface area contributed by atoms with Gasteiger partial charge in [0, 0.05) is 24.7 Å². The molecule has 2 bridgehead atoms. The summed E-state index contributed by atoms with van der Waals surface area (Å²) in [6, 6.07) is 0.724. The van der Waals surface area contributed by atoms with E-state index in [9.17, 15) is 13.2 Å². The smallest absolute Gasteiger partial charge is 0.238 e. The largest absolute Gasteiger partial charge is 0.352 e. The van der Waals surface area contributed by atoms with Crippen molar-refractivity contribution in [1.82, 2.24) is 14.9 Å². The normalized spacial score (nSPS) is 33.7. The molecule has 3 aliphatic rings. The second kappa shape index (κ2) is 8.34. The quantitative estimate of drug-likeness (QED) is 0.756. The summed E-state index contributed by atoms with van der Waals surface area (Å²) >= 11 is 0. The third kappa shape index (κ3) is 4.42. The summed E-state index contributed by atoms with van der Waals surface area (Å²) < 4.78 is 26.3. The number of nitrogens with one attached hydrogen (secondary N) is 2. The van der Waals surface area contributed by atoms with Gasteiger partial charge in [0.1, 0.15) is 6.04 Å². The van der Waals surface area contributed by atoms with Crippen molar-refractivity contribution in [3.05, 3.63) is 0 Å². The third-order valence-electron chi connectivity index (χ3n) is 5.40. The van der Waals surface area contributed by atoms with E-state index in [-0.39, 0.29) is 30.1 Å². The summed E-state index contributed by atoms with van der Waals surface area (Å²) in [7, 11) is -3.32. The number of halogens is 1. The molecule has 3 rings (SSSR count). The van der Waals surface area contributed by atoms with Crippen LogP contribution in [0.5, 0.6) is 0 Å². The van der Waals surface area contributed by atoms with Crippen LogP contribution in [0.2, 0.25) is 0 Å². The summed E-state index contributed by atoms with van der Waals surface area (Å²) in [6.07, 6.45) is 7.33. The Morgan fingerprint density at radius 1 is 1.17 bits per heavy atom. The summed E-state index contributed by atoms with van der Waals surface area (Å²) in [6.45, 7) is 2.35. The van der Waals surface area contributed by atoms with E-state index in [2.05, 4.69) is 10.6 Å². The summed E-state index contributed by atoms with van der Waals surface area (Å²) in [4.78, 5) is 12.7. The molecule has 6 nitrogen and oxygen atoms in total. The number of carbonyl (C=O) groups excluding carboxylic acids is 1. The van der Waals surface area contributed by atoms with Gasteiger partial charge in [-0.2, -0.15) is 4.31 Å². The SMILES string of the molecule is CCCS(=O)(=O)N1CCCCC1C(=O)NC1CC2CCC(C1)N2.Cl. The summed E-state index contributed by atoms with van der Waals surface area (Å²) in [5.74, 6) is 0.0459. The highest BCUT2D eigenvalue weighted by Gasteiger charge is 2.39. The Hall–Kier alpha value is -0.370. The van der Waals surface area contributed by atoms with E-state index < -0.39 is 16.1 Å². The first kappa shape index (κ1) is 19.9. The van der Waals surface area contributed by atoms with Crippen LogP contribution in [0.4, 0.5) is 0 Å². The molecular weight excluding hydrogens is 350 g/mol. The lowest BCUT2D eigenvalue weighted by atomic mass is 9.98. The van der Waals surface area contributed by atoms with Gasteiger partial charge in [0.2, 0.25) is 15.9 Å². The fraction of sp³-hybridized carbons (Fsp3) is 0.938. The molecule has 0 aromatic heterocycles. The number of sulfonamides is 1. The monoisotopic (exact) mass is 379 g/mol. The molecule has 8 heteroatoms. The van der Waals surface area contributed by atoms with Gasteiger partial charge in [-0.25, -0.2) is 8.42 Å². The second-order valence-electron chi connectivity index (χ2n) is 7.25. The van der Waals surface area contributed by atoms with Gasteiger partial charge in [0.25, 0.3) is 0 Å². The summed E-state index contributed by atoms with van der Waals surface area (Å²) in [5, 5.41) is 6.71. The van der Waals surface area contributed by atoms with Crippen molar-refractivity contribution in [3.8, 4) is 0 Å². The standard InChI is InChI=1S/C16H29N3O3S.ClH/c1-2-9-23(21,22)19-8-4-3-5-15(19)16(20)18-14-10-12-6-7-13(11-14)17-12;/h12-15,17H,2-11H2,1H3,(H,18,20);1H. The van der Waals surface area contributed by atoms with Crippen LogP contribution >= 0.6 is 12.4 Å². The van der Waals surface area contributed by atoms with Gasteiger partial charge in [-0.1, -0.05) is 13.3 Å². The first-order chi connectivity index (χ1) is 11.0. The number of carbonyl (C=O) groups is 1. The van der Waals surface area contributed by atoms with Gasteiger partial charge in [0.05, 0.1) is 5.75 Å². The number of nitrogens with zero attached hydrogens (tertiary/aromatic N) is 1. The molecule has 1 amide bonds. The average Bonchev–Trinajstić information content (AvgIpc) is 2.86. The Morgan fingerprint density at radius 3 is 2.46 bits per heavy atom. The molecule has 0 aliphatic carbocycles. The molecule has 3 atom stereocenters. The van der Waals surface area contributed by atoms with Crippen LogP contribution < -0.4 is 10.6 Å². The fourth-order valence-corrected chi connectivity index (χ4v) is 6.09. The zero-order valence-corrected chi connectivity index (χ0v) is 16.0. The lowest BCUT2D eigenvalue weighted by molar-refractivity contribution is -0.126. The molecule has 24 heavy (non-hydrogen) atoms. The topological polar surface area (TPSA) is 78.5 Å². The van der Waals surface area contributed by atoms with Crippen LogP contribution in [-0.4, -0.2) is 55.1 Å². The van der Waals surface area contributed by atoms with Crippen molar-refractivity contribution in [2.45, 2.75) is 82.5 Å². The number of fused-ring (bicyclic) bond motifs is 2. The van der Waals surface area contributed by atoms with Gasteiger partial charge < -0.3 is 10.6 Å².